The molecule has 0 aliphatic carbocycles. The van der Waals surface area contributed by atoms with Crippen LogP contribution < -0.4 is 4.74 Å². The van der Waals surface area contributed by atoms with Crippen LogP contribution in [0.1, 0.15) is 6.42 Å². The summed E-state index contributed by atoms with van der Waals surface area (Å²) in [6.07, 6.45) is 0.877. The van der Waals surface area contributed by atoms with Gasteiger partial charge in [0.05, 0.1) is 20.3 Å². The van der Waals surface area contributed by atoms with Crippen LogP contribution in [0.2, 0.25) is 0 Å². The normalized spacial score (nSPS) is 10.3. The molecule has 4 heteroatoms. The van der Waals surface area contributed by atoms with Gasteiger partial charge in [-0.15, -0.1) is 0 Å². The summed E-state index contributed by atoms with van der Waals surface area (Å²) < 4.78 is 10.1. The van der Waals surface area contributed by atoms with Gasteiger partial charge in [0.25, 0.3) is 0 Å². The molecule has 1 aromatic rings. The van der Waals surface area contributed by atoms with Crippen molar-refractivity contribution in [2.75, 3.05) is 33.9 Å². The molecule has 17 heavy (non-hydrogen) atoms. The van der Waals surface area contributed by atoms with E-state index in [-0.39, 0.29) is 5.97 Å². The predicted molar refractivity (Wildman–Crippen MR) is 66.1 cm³/mol. The molecular formula is C13H19NO3. The van der Waals surface area contributed by atoms with Crippen molar-refractivity contribution in [3.63, 3.8) is 0 Å². The Morgan fingerprint density at radius 3 is 2.65 bits per heavy atom. The Labute approximate surface area is 102 Å². The Bertz CT molecular complexity index is 327. The van der Waals surface area contributed by atoms with Gasteiger partial charge in [-0.3, -0.25) is 9.69 Å². The lowest BCUT2D eigenvalue weighted by Crippen LogP contribution is -2.28. The van der Waals surface area contributed by atoms with Gasteiger partial charge in [0.2, 0.25) is 0 Å². The van der Waals surface area contributed by atoms with Gasteiger partial charge >= 0.3 is 5.97 Å². The minimum Gasteiger partial charge on any atom is -0.494 e. The molecule has 4 nitrogen and oxygen atoms in total. The Kier molecular flexibility index (Phi) is 6.10. The fourth-order valence-electron chi connectivity index (χ4n) is 1.41. The molecule has 0 aliphatic heterocycles. The number of hydrogen-bond donors (Lipinski definition) is 0. The zero-order valence-electron chi connectivity index (χ0n) is 10.4. The highest BCUT2D eigenvalue weighted by Crippen LogP contribution is 2.08. The molecule has 0 bridgehead atoms. The molecule has 0 fully saturated rings. The van der Waals surface area contributed by atoms with E-state index in [4.69, 9.17) is 4.74 Å². The van der Waals surface area contributed by atoms with Crippen molar-refractivity contribution in [1.82, 2.24) is 4.90 Å². The number of esters is 1. The van der Waals surface area contributed by atoms with E-state index in [1.807, 2.05) is 42.3 Å². The van der Waals surface area contributed by atoms with Crippen molar-refractivity contribution >= 4 is 5.97 Å². The first-order chi connectivity index (χ1) is 8.22. The summed E-state index contributed by atoms with van der Waals surface area (Å²) in [5.74, 6) is 0.666. The smallest absolute Gasteiger partial charge is 0.319 e. The van der Waals surface area contributed by atoms with Crippen molar-refractivity contribution in [3.05, 3.63) is 30.3 Å². The van der Waals surface area contributed by atoms with Crippen LogP contribution in [0.3, 0.4) is 0 Å². The topological polar surface area (TPSA) is 38.8 Å². The summed E-state index contributed by atoms with van der Waals surface area (Å²) >= 11 is 0. The second kappa shape index (κ2) is 7.68. The predicted octanol–water partition coefficient (Wildman–Crippen LogP) is 1.56. The van der Waals surface area contributed by atoms with E-state index >= 15 is 0 Å². The van der Waals surface area contributed by atoms with Crippen molar-refractivity contribution in [2.24, 2.45) is 0 Å². The van der Waals surface area contributed by atoms with Gasteiger partial charge < -0.3 is 9.47 Å². The average Bonchev–Trinajstić information content (AvgIpc) is 2.36. The van der Waals surface area contributed by atoms with Crippen LogP contribution in [-0.2, 0) is 9.53 Å². The molecule has 0 saturated carbocycles. The maximum Gasteiger partial charge on any atom is 0.319 e. The van der Waals surface area contributed by atoms with Gasteiger partial charge in [-0.2, -0.15) is 0 Å². The highest BCUT2D eigenvalue weighted by molar-refractivity contribution is 5.71. The minimum atomic E-state index is -0.212. The maximum atomic E-state index is 11.0. The molecule has 0 heterocycles. The third-order valence-corrected chi connectivity index (χ3v) is 2.32. The summed E-state index contributed by atoms with van der Waals surface area (Å²) in [5, 5.41) is 0. The zero-order chi connectivity index (χ0) is 12.5. The van der Waals surface area contributed by atoms with Crippen LogP contribution in [0.25, 0.3) is 0 Å². The van der Waals surface area contributed by atoms with Crippen LogP contribution in [0.15, 0.2) is 30.3 Å². The lowest BCUT2D eigenvalue weighted by atomic mass is 10.3. The van der Waals surface area contributed by atoms with Crippen molar-refractivity contribution in [2.45, 2.75) is 6.42 Å². The summed E-state index contributed by atoms with van der Waals surface area (Å²) in [6.45, 7) is 1.78. The van der Waals surface area contributed by atoms with E-state index in [1.165, 1.54) is 7.11 Å². The Morgan fingerprint density at radius 2 is 2.00 bits per heavy atom. The Hall–Kier alpha value is -1.55. The van der Waals surface area contributed by atoms with E-state index < -0.39 is 0 Å². The monoisotopic (exact) mass is 237 g/mol. The first-order valence-electron chi connectivity index (χ1n) is 5.65. The third-order valence-electron chi connectivity index (χ3n) is 2.32. The number of hydrogen-bond acceptors (Lipinski definition) is 4. The third kappa shape index (κ3) is 5.92. The van der Waals surface area contributed by atoms with Gasteiger partial charge in [0.1, 0.15) is 5.75 Å². The van der Waals surface area contributed by atoms with Crippen molar-refractivity contribution in [1.29, 1.82) is 0 Å². The summed E-state index contributed by atoms with van der Waals surface area (Å²) in [4.78, 5) is 12.9. The zero-order valence-corrected chi connectivity index (χ0v) is 10.4. The second-order valence-corrected chi connectivity index (χ2v) is 3.83. The molecule has 94 valence electrons. The average molecular weight is 237 g/mol. The number of carbonyl (C=O) groups is 1. The largest absolute Gasteiger partial charge is 0.494 e. The standard InChI is InChI=1S/C13H19NO3/c1-14(11-13(15)16-2)9-6-10-17-12-7-4-3-5-8-12/h3-5,7-8H,6,9-11H2,1-2H3. The lowest BCUT2D eigenvalue weighted by Gasteiger charge is -2.14. The van der Waals surface area contributed by atoms with Gasteiger partial charge in [0.15, 0.2) is 0 Å². The molecule has 1 aromatic carbocycles. The number of carbonyl (C=O) groups excluding carboxylic acids is 1. The van der Waals surface area contributed by atoms with Gasteiger partial charge in [0, 0.05) is 6.54 Å². The molecule has 0 amide bonds. The summed E-state index contributed by atoms with van der Waals surface area (Å²) in [6, 6.07) is 9.70. The molecule has 0 aliphatic rings. The molecule has 1 rings (SSSR count). The molecule has 0 unspecified atom stereocenters. The number of likely N-dealkylation sites (N-methyl/N-ethyl adjacent to an activating group) is 1. The van der Waals surface area contributed by atoms with Crippen LogP contribution in [-0.4, -0.2) is 44.7 Å². The second-order valence-electron chi connectivity index (χ2n) is 3.83. The van der Waals surface area contributed by atoms with Crippen LogP contribution >= 0.6 is 0 Å². The highest BCUT2D eigenvalue weighted by atomic mass is 16.5. The first kappa shape index (κ1) is 13.5. The van der Waals surface area contributed by atoms with E-state index in [2.05, 4.69) is 4.74 Å². The highest BCUT2D eigenvalue weighted by Gasteiger charge is 2.05. The molecule has 0 aromatic heterocycles. The molecular weight excluding hydrogens is 218 g/mol. The lowest BCUT2D eigenvalue weighted by molar-refractivity contribution is -0.141. The Morgan fingerprint density at radius 1 is 1.29 bits per heavy atom. The fraction of sp³-hybridized carbons (Fsp3) is 0.462. The van der Waals surface area contributed by atoms with E-state index in [1.54, 1.807) is 0 Å². The number of rotatable bonds is 7. The van der Waals surface area contributed by atoms with E-state index in [0.717, 1.165) is 18.7 Å². The molecule has 0 atom stereocenters. The SMILES string of the molecule is COC(=O)CN(C)CCCOc1ccccc1. The quantitative estimate of drug-likeness (QED) is 0.533. The number of ether oxygens (including phenoxy) is 2. The van der Waals surface area contributed by atoms with Crippen molar-refractivity contribution in [3.8, 4) is 5.75 Å². The number of benzene rings is 1. The molecule has 0 spiro atoms. The summed E-state index contributed by atoms with van der Waals surface area (Å²) in [5.41, 5.74) is 0. The van der Waals surface area contributed by atoms with E-state index in [0.29, 0.717) is 13.2 Å². The first-order valence-corrected chi connectivity index (χ1v) is 5.65. The van der Waals surface area contributed by atoms with Gasteiger partial charge in [-0.25, -0.2) is 0 Å². The van der Waals surface area contributed by atoms with Crippen LogP contribution in [0.5, 0.6) is 5.75 Å². The molecule has 0 saturated heterocycles. The minimum absolute atomic E-state index is 0.212. The van der Waals surface area contributed by atoms with E-state index in [9.17, 15) is 4.79 Å². The van der Waals surface area contributed by atoms with Gasteiger partial charge in [-0.1, -0.05) is 18.2 Å². The fourth-order valence-corrected chi connectivity index (χ4v) is 1.41. The van der Waals surface area contributed by atoms with Crippen molar-refractivity contribution < 1.29 is 14.3 Å². The summed E-state index contributed by atoms with van der Waals surface area (Å²) in [7, 11) is 3.29. The number of nitrogens with zero attached hydrogens (tertiary/aromatic N) is 1. The van der Waals surface area contributed by atoms with Gasteiger partial charge in [-0.05, 0) is 25.6 Å². The van der Waals surface area contributed by atoms with Crippen LogP contribution in [0.4, 0.5) is 0 Å². The number of methoxy groups -OCH3 is 1. The molecule has 0 N–H and O–H groups in total. The number of para-hydroxylation sites is 1. The maximum absolute atomic E-state index is 11.0. The Balaban J connectivity index is 2.10. The van der Waals surface area contributed by atoms with Crippen LogP contribution in [0, 0.1) is 0 Å². The molecule has 0 radical (unpaired) electrons.